The Kier molecular flexibility index (Phi) is 6.30. The lowest BCUT2D eigenvalue weighted by molar-refractivity contribution is -0.135. The number of piperidine rings is 1. The number of likely N-dealkylation sites (tertiary alicyclic amines) is 1. The van der Waals surface area contributed by atoms with E-state index >= 15 is 0 Å². The molecular weight excluding hydrogens is 404 g/mol. The van der Waals surface area contributed by atoms with Gasteiger partial charge in [-0.1, -0.05) is 39.0 Å². The van der Waals surface area contributed by atoms with Gasteiger partial charge in [0.05, 0.1) is 12.6 Å². The van der Waals surface area contributed by atoms with Crippen molar-refractivity contribution in [3.63, 3.8) is 0 Å². The van der Waals surface area contributed by atoms with Gasteiger partial charge in [0, 0.05) is 12.2 Å². The Labute approximate surface area is 190 Å². The van der Waals surface area contributed by atoms with Crippen molar-refractivity contribution in [3.8, 4) is 0 Å². The van der Waals surface area contributed by atoms with Gasteiger partial charge in [-0.25, -0.2) is 9.69 Å². The van der Waals surface area contributed by atoms with E-state index in [2.05, 4.69) is 36.3 Å². The van der Waals surface area contributed by atoms with E-state index in [9.17, 15) is 14.4 Å². The normalized spacial score (nSPS) is 29.3. The van der Waals surface area contributed by atoms with Gasteiger partial charge in [-0.3, -0.25) is 14.5 Å². The minimum absolute atomic E-state index is 0.00456. The zero-order chi connectivity index (χ0) is 22.9. The third-order valence-corrected chi connectivity index (χ3v) is 7.57. The molecule has 2 aliphatic heterocycles. The minimum Gasteiger partial charge on any atom is -0.326 e. The van der Waals surface area contributed by atoms with E-state index in [-0.39, 0.29) is 35.8 Å². The largest absolute Gasteiger partial charge is 0.326 e. The summed E-state index contributed by atoms with van der Waals surface area (Å²) in [6.07, 6.45) is 5.00. The van der Waals surface area contributed by atoms with Crippen LogP contribution in [0.2, 0.25) is 0 Å². The zero-order valence-corrected chi connectivity index (χ0v) is 19.5. The van der Waals surface area contributed by atoms with Crippen LogP contribution in [0.3, 0.4) is 0 Å². The van der Waals surface area contributed by atoms with Crippen molar-refractivity contribution in [2.75, 3.05) is 25.1 Å². The van der Waals surface area contributed by atoms with Crippen molar-refractivity contribution < 1.29 is 14.4 Å². The van der Waals surface area contributed by atoms with Crippen molar-refractivity contribution in [1.29, 1.82) is 0 Å². The number of rotatable bonds is 4. The van der Waals surface area contributed by atoms with Crippen molar-refractivity contribution in [2.24, 2.45) is 17.3 Å². The molecule has 1 atom stereocenters. The van der Waals surface area contributed by atoms with Gasteiger partial charge < -0.3 is 10.6 Å². The maximum atomic E-state index is 13.3. The predicted molar refractivity (Wildman–Crippen MR) is 124 cm³/mol. The van der Waals surface area contributed by atoms with Crippen molar-refractivity contribution >= 4 is 23.5 Å². The Hall–Kier alpha value is -2.41. The highest BCUT2D eigenvalue weighted by molar-refractivity contribution is 6.07. The van der Waals surface area contributed by atoms with Crippen molar-refractivity contribution in [2.45, 2.75) is 64.8 Å². The van der Waals surface area contributed by atoms with Crippen LogP contribution in [0.5, 0.6) is 0 Å². The highest BCUT2D eigenvalue weighted by Gasteiger charge is 2.53. The molecule has 174 valence electrons. The van der Waals surface area contributed by atoms with Crippen LogP contribution in [0.15, 0.2) is 30.3 Å². The van der Waals surface area contributed by atoms with Crippen molar-refractivity contribution in [1.82, 2.24) is 15.1 Å². The van der Waals surface area contributed by atoms with Gasteiger partial charge in [0.2, 0.25) is 5.91 Å². The molecule has 7 nitrogen and oxygen atoms in total. The molecule has 1 aromatic carbocycles. The standard InChI is InChI=1S/C25H36N4O3/c1-24(2,3)19-11-13-25(14-12-19)22(31)29(23(32)27-25)17-28-15-7-8-18(16-28)21(30)26-20-9-5-4-6-10-20/h4-6,9-10,18-19H,7-8,11-17H2,1-3H3,(H,26,30)(H,27,32)/t18-,19?,25?/m0/s1. The maximum absolute atomic E-state index is 13.3. The summed E-state index contributed by atoms with van der Waals surface area (Å²) in [7, 11) is 0. The molecule has 0 bridgehead atoms. The summed E-state index contributed by atoms with van der Waals surface area (Å²) in [5, 5.41) is 6.01. The number of urea groups is 1. The smallest absolute Gasteiger partial charge is 0.326 e. The molecule has 1 aliphatic carbocycles. The van der Waals surface area contributed by atoms with E-state index in [1.54, 1.807) is 0 Å². The average Bonchev–Trinajstić information content (AvgIpc) is 2.98. The molecule has 3 aliphatic rings. The third-order valence-electron chi connectivity index (χ3n) is 7.57. The Bertz CT molecular complexity index is 856. The molecule has 1 spiro atoms. The number of para-hydroxylation sites is 1. The average molecular weight is 441 g/mol. The number of imide groups is 1. The van der Waals surface area contributed by atoms with Crippen LogP contribution in [0.4, 0.5) is 10.5 Å². The molecule has 1 saturated carbocycles. The summed E-state index contributed by atoms with van der Waals surface area (Å²) >= 11 is 0. The lowest BCUT2D eigenvalue weighted by Crippen LogP contribution is -2.51. The lowest BCUT2D eigenvalue weighted by Gasteiger charge is -2.40. The summed E-state index contributed by atoms with van der Waals surface area (Å²) < 4.78 is 0. The first-order valence-corrected chi connectivity index (χ1v) is 11.9. The van der Waals surface area contributed by atoms with Crippen molar-refractivity contribution in [3.05, 3.63) is 30.3 Å². The Morgan fingerprint density at radius 3 is 2.47 bits per heavy atom. The molecule has 2 N–H and O–H groups in total. The molecule has 0 unspecified atom stereocenters. The van der Waals surface area contributed by atoms with Gasteiger partial charge in [0.1, 0.15) is 5.54 Å². The summed E-state index contributed by atoms with van der Waals surface area (Å²) in [6, 6.07) is 9.16. The van der Waals surface area contributed by atoms with Crippen LogP contribution in [-0.4, -0.2) is 52.9 Å². The second kappa shape index (κ2) is 8.85. The van der Waals surface area contributed by atoms with Gasteiger partial charge in [-0.15, -0.1) is 0 Å². The first-order chi connectivity index (χ1) is 15.2. The van der Waals surface area contributed by atoms with Crippen LogP contribution in [0, 0.1) is 17.3 Å². The van der Waals surface area contributed by atoms with Crippen LogP contribution >= 0.6 is 0 Å². The summed E-state index contributed by atoms with van der Waals surface area (Å²) in [5.41, 5.74) is 0.269. The Morgan fingerprint density at radius 2 is 1.81 bits per heavy atom. The number of carbonyl (C=O) groups excluding carboxylic acids is 3. The topological polar surface area (TPSA) is 81.8 Å². The van der Waals surface area contributed by atoms with Gasteiger partial charge in [0.25, 0.3) is 5.91 Å². The highest BCUT2D eigenvalue weighted by atomic mass is 16.2. The molecule has 0 radical (unpaired) electrons. The second-order valence-corrected chi connectivity index (χ2v) is 10.8. The molecule has 3 fully saturated rings. The van der Waals surface area contributed by atoms with E-state index < -0.39 is 5.54 Å². The first kappa shape index (κ1) is 22.8. The Balaban J connectivity index is 1.35. The molecule has 7 heteroatoms. The SMILES string of the molecule is CC(C)(C)C1CCC2(CC1)NC(=O)N(CN1CCC[C@H](C(=O)Nc3ccccc3)C1)C2=O. The van der Waals surface area contributed by atoms with E-state index in [0.29, 0.717) is 25.3 Å². The summed E-state index contributed by atoms with van der Waals surface area (Å²) in [4.78, 5) is 42.2. The monoisotopic (exact) mass is 440 g/mol. The van der Waals surface area contributed by atoms with Crippen LogP contribution in [0.25, 0.3) is 0 Å². The number of nitrogens with zero attached hydrogens (tertiary/aromatic N) is 2. The second-order valence-electron chi connectivity index (χ2n) is 10.8. The van der Waals surface area contributed by atoms with Crippen LogP contribution in [-0.2, 0) is 9.59 Å². The fourth-order valence-corrected chi connectivity index (χ4v) is 5.48. The summed E-state index contributed by atoms with van der Waals surface area (Å²) in [5.74, 6) is 0.319. The maximum Gasteiger partial charge on any atom is 0.326 e. The number of amides is 4. The third kappa shape index (κ3) is 4.68. The number of carbonyl (C=O) groups is 3. The van der Waals surface area contributed by atoms with E-state index in [4.69, 9.17) is 0 Å². The first-order valence-electron chi connectivity index (χ1n) is 11.9. The lowest BCUT2D eigenvalue weighted by atomic mass is 9.67. The highest BCUT2D eigenvalue weighted by Crippen LogP contribution is 2.43. The van der Waals surface area contributed by atoms with Crippen LogP contribution < -0.4 is 10.6 Å². The number of hydrogen-bond donors (Lipinski definition) is 2. The van der Waals surface area contributed by atoms with Gasteiger partial charge in [0.15, 0.2) is 0 Å². The number of anilines is 1. The number of nitrogens with one attached hydrogen (secondary N) is 2. The molecule has 32 heavy (non-hydrogen) atoms. The fourth-order valence-electron chi connectivity index (χ4n) is 5.48. The van der Waals surface area contributed by atoms with E-state index in [1.807, 2.05) is 30.3 Å². The fraction of sp³-hybridized carbons (Fsp3) is 0.640. The van der Waals surface area contributed by atoms with E-state index in [1.165, 1.54) is 4.90 Å². The Morgan fingerprint density at radius 1 is 1.12 bits per heavy atom. The van der Waals surface area contributed by atoms with Gasteiger partial charge in [-0.2, -0.15) is 0 Å². The number of benzene rings is 1. The minimum atomic E-state index is -0.737. The molecule has 1 aromatic rings. The molecule has 2 heterocycles. The molecule has 2 saturated heterocycles. The van der Waals surface area contributed by atoms with Crippen LogP contribution in [0.1, 0.15) is 59.3 Å². The van der Waals surface area contributed by atoms with Gasteiger partial charge in [-0.05, 0) is 68.5 Å². The number of hydrogen-bond acceptors (Lipinski definition) is 4. The van der Waals surface area contributed by atoms with E-state index in [0.717, 1.165) is 37.9 Å². The molecular formula is C25H36N4O3. The predicted octanol–water partition coefficient (Wildman–Crippen LogP) is 3.82. The summed E-state index contributed by atoms with van der Waals surface area (Å²) in [6.45, 7) is 8.33. The molecule has 4 rings (SSSR count). The zero-order valence-electron chi connectivity index (χ0n) is 19.5. The molecule has 0 aromatic heterocycles. The van der Waals surface area contributed by atoms with Gasteiger partial charge >= 0.3 is 6.03 Å². The molecule has 4 amide bonds. The quantitative estimate of drug-likeness (QED) is 0.698.